The quantitative estimate of drug-likeness (QED) is 0.222. The first-order chi connectivity index (χ1) is 18.6. The summed E-state index contributed by atoms with van der Waals surface area (Å²) in [5.74, 6) is 0.150. The Hall–Kier alpha value is -2.57. The van der Waals surface area contributed by atoms with Crippen LogP contribution in [0.25, 0.3) is 0 Å². The molecule has 1 aromatic carbocycles. The molecule has 0 saturated heterocycles. The van der Waals surface area contributed by atoms with E-state index < -0.39 is 23.8 Å². The maximum Gasteiger partial charge on any atom is 0.408 e. The van der Waals surface area contributed by atoms with Crippen LogP contribution < -0.4 is 10.6 Å². The molecule has 0 bridgehead atoms. The van der Waals surface area contributed by atoms with Gasteiger partial charge in [0.1, 0.15) is 17.7 Å². The van der Waals surface area contributed by atoms with Crippen LogP contribution in [0.4, 0.5) is 4.79 Å². The van der Waals surface area contributed by atoms with Crippen LogP contribution in [0, 0.1) is 25.7 Å². The van der Waals surface area contributed by atoms with E-state index in [4.69, 9.17) is 4.74 Å². The molecule has 7 nitrogen and oxygen atoms in total. The van der Waals surface area contributed by atoms with Crippen LogP contribution in [0.2, 0.25) is 0 Å². The molecule has 1 aromatic rings. The standard InChI is InChI=1S/C33H57N3O4/c1-12-13-14-20-34-30(37)29(28-24(6)16-15-17-25(28)7)36(26(8)19-18-22(2)3)31(38)27(21-23(4)5)35-32(39)40-33(9,10)11/h15-17,22-23,26-27,29H,12-14,18-21H2,1-11H3,(H,34,37)(H,35,39). The zero-order valence-electron chi connectivity index (χ0n) is 27.1. The van der Waals surface area contributed by atoms with E-state index in [1.54, 1.807) is 25.7 Å². The molecule has 3 unspecified atom stereocenters. The summed E-state index contributed by atoms with van der Waals surface area (Å²) in [6, 6.07) is 4.10. The van der Waals surface area contributed by atoms with Gasteiger partial charge in [-0.05, 0) is 95.8 Å². The summed E-state index contributed by atoms with van der Waals surface area (Å²) in [6.45, 7) is 22.4. The van der Waals surface area contributed by atoms with Crippen LogP contribution >= 0.6 is 0 Å². The monoisotopic (exact) mass is 559 g/mol. The Kier molecular flexibility index (Phi) is 14.7. The van der Waals surface area contributed by atoms with Crippen molar-refractivity contribution in [2.45, 2.75) is 138 Å². The number of amides is 3. The molecule has 0 saturated carbocycles. The third-order valence-electron chi connectivity index (χ3n) is 7.01. The zero-order chi connectivity index (χ0) is 30.6. The third-order valence-corrected chi connectivity index (χ3v) is 7.01. The molecule has 7 heteroatoms. The number of unbranched alkanes of at least 4 members (excludes halogenated alkanes) is 2. The molecule has 3 amide bonds. The molecule has 0 spiro atoms. The largest absolute Gasteiger partial charge is 0.444 e. The van der Waals surface area contributed by atoms with Crippen molar-refractivity contribution >= 4 is 17.9 Å². The molecule has 0 radical (unpaired) electrons. The lowest BCUT2D eigenvalue weighted by molar-refractivity contribution is -0.145. The summed E-state index contributed by atoms with van der Waals surface area (Å²) in [7, 11) is 0. The van der Waals surface area contributed by atoms with Gasteiger partial charge in [0.2, 0.25) is 11.8 Å². The summed E-state index contributed by atoms with van der Waals surface area (Å²) >= 11 is 0. The average molecular weight is 560 g/mol. The number of hydrogen-bond acceptors (Lipinski definition) is 4. The van der Waals surface area contributed by atoms with Crippen molar-refractivity contribution in [2.75, 3.05) is 6.54 Å². The first-order valence-electron chi connectivity index (χ1n) is 15.2. The molecule has 40 heavy (non-hydrogen) atoms. The molecule has 0 aliphatic heterocycles. The maximum absolute atomic E-state index is 14.6. The minimum atomic E-state index is -0.823. The van der Waals surface area contributed by atoms with Crippen LogP contribution in [-0.2, 0) is 14.3 Å². The van der Waals surface area contributed by atoms with E-state index in [0.29, 0.717) is 18.9 Å². The SMILES string of the molecule is CCCCCNC(=O)C(c1c(C)cccc1C)N(C(=O)C(CC(C)C)NC(=O)OC(C)(C)C)C(C)CCC(C)C. The second kappa shape index (κ2) is 16.6. The van der Waals surface area contributed by atoms with Crippen molar-refractivity contribution in [2.24, 2.45) is 11.8 Å². The molecule has 2 N–H and O–H groups in total. The number of carbonyl (C=O) groups is 3. The van der Waals surface area contributed by atoms with E-state index in [1.807, 2.05) is 52.8 Å². The summed E-state index contributed by atoms with van der Waals surface area (Å²) in [4.78, 5) is 43.2. The number of aryl methyl sites for hydroxylation is 2. The maximum atomic E-state index is 14.6. The van der Waals surface area contributed by atoms with E-state index >= 15 is 0 Å². The van der Waals surface area contributed by atoms with Gasteiger partial charge in [-0.2, -0.15) is 0 Å². The van der Waals surface area contributed by atoms with Gasteiger partial charge in [0.15, 0.2) is 0 Å². The minimum absolute atomic E-state index is 0.137. The van der Waals surface area contributed by atoms with Gasteiger partial charge in [0.25, 0.3) is 0 Å². The first-order valence-corrected chi connectivity index (χ1v) is 15.2. The summed E-state index contributed by atoms with van der Waals surface area (Å²) < 4.78 is 5.53. The van der Waals surface area contributed by atoms with Crippen LogP contribution in [-0.4, -0.2) is 47.0 Å². The number of ether oxygens (including phenoxy) is 1. The number of nitrogens with one attached hydrogen (secondary N) is 2. The van der Waals surface area contributed by atoms with Gasteiger partial charge in [-0.15, -0.1) is 0 Å². The number of carbonyl (C=O) groups excluding carboxylic acids is 3. The zero-order valence-corrected chi connectivity index (χ0v) is 27.1. The van der Waals surface area contributed by atoms with E-state index in [0.717, 1.165) is 48.8 Å². The number of benzene rings is 1. The molecular weight excluding hydrogens is 502 g/mol. The van der Waals surface area contributed by atoms with Gasteiger partial charge in [0.05, 0.1) is 0 Å². The van der Waals surface area contributed by atoms with Gasteiger partial charge in [-0.1, -0.05) is 65.7 Å². The highest BCUT2D eigenvalue weighted by atomic mass is 16.6. The Bertz CT molecular complexity index is 931. The second-order valence-electron chi connectivity index (χ2n) is 13.1. The van der Waals surface area contributed by atoms with Gasteiger partial charge >= 0.3 is 6.09 Å². The highest BCUT2D eigenvalue weighted by Gasteiger charge is 2.40. The topological polar surface area (TPSA) is 87.7 Å². The van der Waals surface area contributed by atoms with E-state index in [2.05, 4.69) is 31.4 Å². The number of rotatable bonds is 15. The van der Waals surface area contributed by atoms with Crippen molar-refractivity contribution in [3.05, 3.63) is 34.9 Å². The van der Waals surface area contributed by atoms with Gasteiger partial charge < -0.3 is 20.3 Å². The number of hydrogen-bond donors (Lipinski definition) is 2. The van der Waals surface area contributed by atoms with Crippen LogP contribution in [0.1, 0.15) is 124 Å². The lowest BCUT2D eigenvalue weighted by Crippen LogP contribution is -2.56. The third kappa shape index (κ3) is 11.9. The molecule has 228 valence electrons. The summed E-state index contributed by atoms with van der Waals surface area (Å²) in [5.41, 5.74) is 2.07. The predicted molar refractivity (Wildman–Crippen MR) is 164 cm³/mol. The second-order valence-corrected chi connectivity index (χ2v) is 13.1. The van der Waals surface area contributed by atoms with Crippen molar-refractivity contribution in [1.29, 1.82) is 0 Å². The lowest BCUT2D eigenvalue weighted by Gasteiger charge is -2.40. The van der Waals surface area contributed by atoms with Crippen LogP contribution in [0.3, 0.4) is 0 Å². The molecule has 0 fully saturated rings. The fraction of sp³-hybridized carbons (Fsp3) is 0.727. The van der Waals surface area contributed by atoms with Crippen LogP contribution in [0.15, 0.2) is 18.2 Å². The summed E-state index contributed by atoms with van der Waals surface area (Å²) in [6.07, 6.45) is 4.43. The Morgan fingerprint density at radius 2 is 1.52 bits per heavy atom. The van der Waals surface area contributed by atoms with E-state index in [9.17, 15) is 14.4 Å². The Labute approximate surface area is 244 Å². The first kappa shape index (κ1) is 35.5. The minimum Gasteiger partial charge on any atom is -0.444 e. The molecule has 0 aliphatic carbocycles. The normalized spacial score (nSPS) is 14.0. The number of nitrogens with zero attached hydrogens (tertiary/aromatic N) is 1. The van der Waals surface area contributed by atoms with Gasteiger partial charge in [-0.3, -0.25) is 9.59 Å². The highest BCUT2D eigenvalue weighted by Crippen LogP contribution is 2.32. The molecule has 3 atom stereocenters. The van der Waals surface area contributed by atoms with E-state index in [-0.39, 0.29) is 23.8 Å². The van der Waals surface area contributed by atoms with Crippen molar-refractivity contribution in [3.63, 3.8) is 0 Å². The molecular formula is C33H57N3O4. The highest BCUT2D eigenvalue weighted by molar-refractivity contribution is 5.92. The number of alkyl carbamates (subject to hydrolysis) is 1. The fourth-order valence-corrected chi connectivity index (χ4v) is 4.97. The Morgan fingerprint density at radius 1 is 0.925 bits per heavy atom. The Morgan fingerprint density at radius 3 is 2.02 bits per heavy atom. The lowest BCUT2D eigenvalue weighted by atomic mass is 9.91. The predicted octanol–water partition coefficient (Wildman–Crippen LogP) is 7.24. The van der Waals surface area contributed by atoms with Crippen molar-refractivity contribution in [1.82, 2.24) is 15.5 Å². The molecule has 0 aliphatic rings. The van der Waals surface area contributed by atoms with Crippen molar-refractivity contribution in [3.8, 4) is 0 Å². The fourth-order valence-electron chi connectivity index (χ4n) is 4.97. The molecule has 0 aromatic heterocycles. The Balaban J connectivity index is 3.67. The van der Waals surface area contributed by atoms with E-state index in [1.165, 1.54) is 0 Å². The van der Waals surface area contributed by atoms with Gasteiger partial charge in [-0.25, -0.2) is 4.79 Å². The van der Waals surface area contributed by atoms with Crippen LogP contribution in [0.5, 0.6) is 0 Å². The average Bonchev–Trinajstić information content (AvgIpc) is 2.82. The summed E-state index contributed by atoms with van der Waals surface area (Å²) in [5, 5.41) is 5.99. The van der Waals surface area contributed by atoms with Gasteiger partial charge in [0, 0.05) is 12.6 Å². The smallest absolute Gasteiger partial charge is 0.408 e. The molecule has 0 heterocycles. The molecule has 1 rings (SSSR count). The van der Waals surface area contributed by atoms with Crippen molar-refractivity contribution < 1.29 is 19.1 Å².